The third-order valence-corrected chi connectivity index (χ3v) is 3.10. The Kier molecular flexibility index (Phi) is 3.00. The number of nitrogens with zero attached hydrogens (tertiary/aromatic N) is 4. The first-order valence-electron chi connectivity index (χ1n) is 6.21. The van der Waals surface area contributed by atoms with Crippen molar-refractivity contribution in [2.24, 2.45) is 7.05 Å². The standard InChI is InChI=1S/C13H16N6/c1-9-11-5-10(7-17-13(11)19(2)18-9)6-14-8-12-15-3-4-16-12/h3-5,7,14H,6,8H2,1-2H3,(H,15,16). The van der Waals surface area contributed by atoms with Gasteiger partial charge in [-0.3, -0.25) is 4.68 Å². The number of aromatic nitrogens is 5. The Hall–Kier alpha value is -2.21. The largest absolute Gasteiger partial charge is 0.348 e. The molecular formula is C13H16N6. The highest BCUT2D eigenvalue weighted by Crippen LogP contribution is 2.16. The first kappa shape index (κ1) is 11.9. The van der Waals surface area contributed by atoms with E-state index in [-0.39, 0.29) is 0 Å². The zero-order valence-electron chi connectivity index (χ0n) is 11.0. The Balaban J connectivity index is 1.73. The Morgan fingerprint density at radius 1 is 1.32 bits per heavy atom. The number of pyridine rings is 1. The minimum atomic E-state index is 0.719. The average Bonchev–Trinajstić information content (AvgIpc) is 3.00. The van der Waals surface area contributed by atoms with Gasteiger partial charge in [-0.05, 0) is 18.6 Å². The van der Waals surface area contributed by atoms with Crippen LogP contribution in [-0.4, -0.2) is 24.7 Å². The van der Waals surface area contributed by atoms with Crippen LogP contribution in [0.4, 0.5) is 0 Å². The molecule has 0 aliphatic heterocycles. The van der Waals surface area contributed by atoms with Gasteiger partial charge in [0.25, 0.3) is 0 Å². The number of H-pyrrole nitrogens is 1. The van der Waals surface area contributed by atoms with E-state index in [0.717, 1.165) is 41.2 Å². The number of hydrogen-bond acceptors (Lipinski definition) is 4. The third kappa shape index (κ3) is 2.34. The third-order valence-electron chi connectivity index (χ3n) is 3.10. The maximum absolute atomic E-state index is 4.45. The van der Waals surface area contributed by atoms with Crippen LogP contribution in [0.25, 0.3) is 11.0 Å². The van der Waals surface area contributed by atoms with Crippen LogP contribution in [0.1, 0.15) is 17.1 Å². The van der Waals surface area contributed by atoms with Crippen molar-refractivity contribution in [1.82, 2.24) is 30.0 Å². The molecular weight excluding hydrogens is 240 g/mol. The molecule has 19 heavy (non-hydrogen) atoms. The molecule has 6 heteroatoms. The fourth-order valence-electron chi connectivity index (χ4n) is 2.17. The summed E-state index contributed by atoms with van der Waals surface area (Å²) in [5.41, 5.74) is 3.08. The van der Waals surface area contributed by atoms with Crippen molar-refractivity contribution in [3.05, 3.63) is 41.7 Å². The molecule has 6 nitrogen and oxygen atoms in total. The normalized spacial score (nSPS) is 11.3. The van der Waals surface area contributed by atoms with Crippen molar-refractivity contribution in [3.8, 4) is 0 Å². The van der Waals surface area contributed by atoms with Gasteiger partial charge in [0.1, 0.15) is 5.82 Å². The van der Waals surface area contributed by atoms with E-state index in [0.29, 0.717) is 0 Å². The van der Waals surface area contributed by atoms with Crippen LogP contribution in [0.15, 0.2) is 24.7 Å². The molecule has 0 atom stereocenters. The molecule has 3 aromatic heterocycles. The van der Waals surface area contributed by atoms with Gasteiger partial charge in [0.05, 0.1) is 12.2 Å². The van der Waals surface area contributed by atoms with Crippen LogP contribution in [0, 0.1) is 6.92 Å². The summed E-state index contributed by atoms with van der Waals surface area (Å²) in [6, 6.07) is 2.14. The Morgan fingerprint density at radius 3 is 3.00 bits per heavy atom. The van der Waals surface area contributed by atoms with E-state index in [1.54, 1.807) is 6.20 Å². The molecule has 0 fully saturated rings. The highest BCUT2D eigenvalue weighted by Gasteiger charge is 2.06. The van der Waals surface area contributed by atoms with E-state index in [4.69, 9.17) is 0 Å². The maximum atomic E-state index is 4.45. The fraction of sp³-hybridized carbons (Fsp3) is 0.308. The summed E-state index contributed by atoms with van der Waals surface area (Å²) in [6.45, 7) is 3.49. The predicted molar refractivity (Wildman–Crippen MR) is 72.4 cm³/mol. The molecule has 0 spiro atoms. The van der Waals surface area contributed by atoms with E-state index < -0.39 is 0 Å². The molecule has 0 aliphatic carbocycles. The van der Waals surface area contributed by atoms with Crippen molar-refractivity contribution < 1.29 is 0 Å². The maximum Gasteiger partial charge on any atom is 0.157 e. The van der Waals surface area contributed by atoms with Crippen molar-refractivity contribution in [3.63, 3.8) is 0 Å². The number of aryl methyl sites for hydroxylation is 2. The Bertz CT molecular complexity index is 683. The molecule has 0 aliphatic rings. The zero-order valence-corrected chi connectivity index (χ0v) is 11.0. The van der Waals surface area contributed by atoms with Crippen LogP contribution in [0.3, 0.4) is 0 Å². The van der Waals surface area contributed by atoms with Gasteiger partial charge in [0.2, 0.25) is 0 Å². The molecule has 3 aromatic rings. The monoisotopic (exact) mass is 256 g/mol. The number of fused-ring (bicyclic) bond motifs is 1. The smallest absolute Gasteiger partial charge is 0.157 e. The number of aromatic amines is 1. The van der Waals surface area contributed by atoms with E-state index in [1.165, 1.54) is 0 Å². The molecule has 0 saturated heterocycles. The van der Waals surface area contributed by atoms with E-state index in [2.05, 4.69) is 31.4 Å². The van der Waals surface area contributed by atoms with Gasteiger partial charge in [0.15, 0.2) is 5.65 Å². The molecule has 3 rings (SSSR count). The lowest BCUT2D eigenvalue weighted by Gasteiger charge is -2.03. The SMILES string of the molecule is Cc1nn(C)c2ncc(CNCc3ncc[nH]3)cc12. The molecule has 3 heterocycles. The Morgan fingerprint density at radius 2 is 2.21 bits per heavy atom. The predicted octanol–water partition coefficient (Wildman–Crippen LogP) is 1.29. The molecule has 0 amide bonds. The van der Waals surface area contributed by atoms with E-state index >= 15 is 0 Å². The lowest BCUT2D eigenvalue weighted by atomic mass is 10.2. The van der Waals surface area contributed by atoms with Crippen LogP contribution in [0.2, 0.25) is 0 Å². The second-order valence-electron chi connectivity index (χ2n) is 4.56. The average molecular weight is 256 g/mol. The van der Waals surface area contributed by atoms with Crippen molar-refractivity contribution in [1.29, 1.82) is 0 Å². The van der Waals surface area contributed by atoms with Gasteiger partial charge in [-0.2, -0.15) is 5.10 Å². The van der Waals surface area contributed by atoms with Crippen molar-refractivity contribution in [2.75, 3.05) is 0 Å². The van der Waals surface area contributed by atoms with Gasteiger partial charge in [-0.1, -0.05) is 0 Å². The van der Waals surface area contributed by atoms with E-state index in [9.17, 15) is 0 Å². The summed E-state index contributed by atoms with van der Waals surface area (Å²) in [6.07, 6.45) is 5.46. The quantitative estimate of drug-likeness (QED) is 0.738. The first-order chi connectivity index (χ1) is 9.24. The van der Waals surface area contributed by atoms with Gasteiger partial charge in [-0.25, -0.2) is 9.97 Å². The second-order valence-corrected chi connectivity index (χ2v) is 4.56. The molecule has 0 bridgehead atoms. The number of imidazole rings is 1. The van der Waals surface area contributed by atoms with Gasteiger partial charge >= 0.3 is 0 Å². The fourth-order valence-corrected chi connectivity index (χ4v) is 2.17. The highest BCUT2D eigenvalue weighted by atomic mass is 15.3. The molecule has 0 aromatic carbocycles. The number of hydrogen-bond donors (Lipinski definition) is 2. The first-order valence-corrected chi connectivity index (χ1v) is 6.21. The lowest BCUT2D eigenvalue weighted by Crippen LogP contribution is -2.13. The molecule has 0 radical (unpaired) electrons. The molecule has 2 N–H and O–H groups in total. The zero-order chi connectivity index (χ0) is 13.2. The van der Waals surface area contributed by atoms with Gasteiger partial charge in [0, 0.05) is 37.6 Å². The summed E-state index contributed by atoms with van der Waals surface area (Å²) in [5, 5.41) is 8.82. The molecule has 98 valence electrons. The van der Waals surface area contributed by atoms with Crippen LogP contribution >= 0.6 is 0 Å². The van der Waals surface area contributed by atoms with Crippen LogP contribution in [-0.2, 0) is 20.1 Å². The molecule has 0 saturated carbocycles. The van der Waals surface area contributed by atoms with Crippen molar-refractivity contribution in [2.45, 2.75) is 20.0 Å². The van der Waals surface area contributed by atoms with Crippen LogP contribution in [0.5, 0.6) is 0 Å². The van der Waals surface area contributed by atoms with Gasteiger partial charge in [-0.15, -0.1) is 0 Å². The van der Waals surface area contributed by atoms with E-state index in [1.807, 2.05) is 31.0 Å². The minimum absolute atomic E-state index is 0.719. The minimum Gasteiger partial charge on any atom is -0.348 e. The summed E-state index contributed by atoms with van der Waals surface area (Å²) < 4.78 is 1.81. The highest BCUT2D eigenvalue weighted by molar-refractivity contribution is 5.78. The van der Waals surface area contributed by atoms with Gasteiger partial charge < -0.3 is 10.3 Å². The summed E-state index contributed by atoms with van der Waals surface area (Å²) in [7, 11) is 1.91. The second kappa shape index (κ2) is 4.81. The van der Waals surface area contributed by atoms with Crippen LogP contribution < -0.4 is 5.32 Å². The van der Waals surface area contributed by atoms with Crippen molar-refractivity contribution >= 4 is 11.0 Å². The molecule has 0 unspecified atom stereocenters. The Labute approximate surface area is 110 Å². The number of rotatable bonds is 4. The summed E-state index contributed by atoms with van der Waals surface area (Å²) >= 11 is 0. The summed E-state index contributed by atoms with van der Waals surface area (Å²) in [5.74, 6) is 0.937. The topological polar surface area (TPSA) is 71.4 Å². The lowest BCUT2D eigenvalue weighted by molar-refractivity contribution is 0.667. The number of nitrogens with one attached hydrogen (secondary N) is 2. The summed E-state index contributed by atoms with van der Waals surface area (Å²) in [4.78, 5) is 11.7.